The third-order valence-corrected chi connectivity index (χ3v) is 2.59. The van der Waals surface area contributed by atoms with Gasteiger partial charge in [0.1, 0.15) is 11.7 Å². The zero-order chi connectivity index (χ0) is 12.3. The van der Waals surface area contributed by atoms with Crippen molar-refractivity contribution in [1.29, 1.82) is 0 Å². The number of hydrogen-bond acceptors (Lipinski definition) is 2. The van der Waals surface area contributed by atoms with E-state index in [1.807, 2.05) is 6.92 Å². The minimum Gasteiger partial charge on any atom is -0.480 e. The predicted molar refractivity (Wildman–Crippen MR) is 62.4 cm³/mol. The molecule has 1 rings (SSSR count). The fourth-order valence-electron chi connectivity index (χ4n) is 1.26. The number of nitrogens with one attached hydrogen (secondary N) is 1. The number of carboxylic acid groups (broad SMARTS) is 1. The Labute approximate surface area is 102 Å². The van der Waals surface area contributed by atoms with Gasteiger partial charge in [-0.15, -0.1) is 0 Å². The van der Waals surface area contributed by atoms with Gasteiger partial charge in [-0.1, -0.05) is 0 Å². The molecule has 6 heteroatoms. The third kappa shape index (κ3) is 2.85. The van der Waals surface area contributed by atoms with Gasteiger partial charge >= 0.3 is 5.97 Å². The van der Waals surface area contributed by atoms with Crippen LogP contribution in [0.4, 0.5) is 0 Å². The molecule has 88 valence electrons. The largest absolute Gasteiger partial charge is 0.480 e. The Morgan fingerprint density at radius 2 is 2.25 bits per heavy atom. The van der Waals surface area contributed by atoms with Crippen LogP contribution in [0.2, 0.25) is 0 Å². The average molecular weight is 289 g/mol. The van der Waals surface area contributed by atoms with Gasteiger partial charge in [-0.2, -0.15) is 0 Å². The number of hydrogen-bond donors (Lipinski definition) is 2. The van der Waals surface area contributed by atoms with Crippen molar-refractivity contribution in [2.75, 3.05) is 0 Å². The van der Waals surface area contributed by atoms with E-state index in [1.165, 1.54) is 6.92 Å². The van der Waals surface area contributed by atoms with Crippen LogP contribution in [-0.4, -0.2) is 27.6 Å². The number of rotatable bonds is 4. The molecule has 1 aromatic rings. The van der Waals surface area contributed by atoms with E-state index >= 15 is 0 Å². The SMILES string of the molecule is CCn1cc(Br)cc1C(=O)N[C@H](C)C(=O)O. The maximum absolute atomic E-state index is 11.7. The second-order valence-electron chi connectivity index (χ2n) is 3.36. The van der Waals surface area contributed by atoms with Gasteiger partial charge in [0.05, 0.1) is 0 Å². The van der Waals surface area contributed by atoms with E-state index in [9.17, 15) is 9.59 Å². The molecule has 16 heavy (non-hydrogen) atoms. The van der Waals surface area contributed by atoms with Gasteiger partial charge in [0.2, 0.25) is 0 Å². The summed E-state index contributed by atoms with van der Waals surface area (Å²) in [6.45, 7) is 3.98. The number of carbonyl (C=O) groups excluding carboxylic acids is 1. The third-order valence-electron chi connectivity index (χ3n) is 2.15. The predicted octanol–water partition coefficient (Wildman–Crippen LogP) is 1.47. The highest BCUT2D eigenvalue weighted by molar-refractivity contribution is 9.10. The quantitative estimate of drug-likeness (QED) is 0.881. The van der Waals surface area contributed by atoms with E-state index in [1.54, 1.807) is 16.8 Å². The van der Waals surface area contributed by atoms with Gasteiger partial charge in [0, 0.05) is 17.2 Å². The molecular formula is C10H13BrN2O3. The molecule has 0 saturated carbocycles. The Balaban J connectivity index is 2.84. The summed E-state index contributed by atoms with van der Waals surface area (Å²) in [6, 6.07) is 0.763. The first kappa shape index (κ1) is 12.8. The number of aliphatic carboxylic acids is 1. The Kier molecular flexibility index (Phi) is 4.12. The lowest BCUT2D eigenvalue weighted by Gasteiger charge is -2.10. The maximum atomic E-state index is 11.7. The minimum atomic E-state index is -1.05. The molecule has 0 bridgehead atoms. The number of carbonyl (C=O) groups is 2. The van der Waals surface area contributed by atoms with Crippen LogP contribution in [0.5, 0.6) is 0 Å². The second kappa shape index (κ2) is 5.16. The monoisotopic (exact) mass is 288 g/mol. The Hall–Kier alpha value is -1.30. The summed E-state index contributed by atoms with van der Waals surface area (Å²) >= 11 is 3.27. The van der Waals surface area contributed by atoms with Crippen molar-refractivity contribution in [3.63, 3.8) is 0 Å². The molecule has 0 aliphatic heterocycles. The van der Waals surface area contributed by atoms with Crippen molar-refractivity contribution < 1.29 is 14.7 Å². The normalized spacial score (nSPS) is 12.2. The van der Waals surface area contributed by atoms with Crippen molar-refractivity contribution in [3.05, 3.63) is 22.4 Å². The molecule has 1 aromatic heterocycles. The van der Waals surface area contributed by atoms with Crippen LogP contribution in [0.1, 0.15) is 24.3 Å². The van der Waals surface area contributed by atoms with Gasteiger partial charge in [-0.05, 0) is 35.8 Å². The topological polar surface area (TPSA) is 71.3 Å². The molecule has 0 saturated heterocycles. The van der Waals surface area contributed by atoms with Crippen LogP contribution in [0.15, 0.2) is 16.7 Å². The number of nitrogens with zero attached hydrogens (tertiary/aromatic N) is 1. The van der Waals surface area contributed by atoms with Crippen LogP contribution in [0, 0.1) is 0 Å². The summed E-state index contributed by atoms with van der Waals surface area (Å²) in [6.07, 6.45) is 1.78. The van der Waals surface area contributed by atoms with Crippen molar-refractivity contribution in [3.8, 4) is 0 Å². The zero-order valence-electron chi connectivity index (χ0n) is 9.03. The molecule has 1 heterocycles. The smallest absolute Gasteiger partial charge is 0.325 e. The van der Waals surface area contributed by atoms with Crippen molar-refractivity contribution in [2.45, 2.75) is 26.4 Å². The Morgan fingerprint density at radius 3 is 2.75 bits per heavy atom. The first-order chi connectivity index (χ1) is 7.45. The zero-order valence-corrected chi connectivity index (χ0v) is 10.6. The van der Waals surface area contributed by atoms with Gasteiger partial charge < -0.3 is 15.0 Å². The van der Waals surface area contributed by atoms with Crippen LogP contribution < -0.4 is 5.32 Å². The Bertz CT molecular complexity index is 414. The van der Waals surface area contributed by atoms with E-state index in [0.717, 1.165) is 4.47 Å². The molecule has 0 radical (unpaired) electrons. The minimum absolute atomic E-state index is 0.387. The molecule has 0 aliphatic carbocycles. The van der Waals surface area contributed by atoms with Crippen molar-refractivity contribution in [2.24, 2.45) is 0 Å². The van der Waals surface area contributed by atoms with Crippen LogP contribution in [0.25, 0.3) is 0 Å². The van der Waals surface area contributed by atoms with Crippen LogP contribution >= 0.6 is 15.9 Å². The van der Waals surface area contributed by atoms with E-state index in [4.69, 9.17) is 5.11 Å². The Morgan fingerprint density at radius 1 is 1.62 bits per heavy atom. The standard InChI is InChI=1S/C10H13BrN2O3/c1-3-13-5-7(11)4-8(13)9(14)12-6(2)10(15)16/h4-6H,3H2,1-2H3,(H,12,14)(H,15,16)/t6-/m1/s1. The lowest BCUT2D eigenvalue weighted by atomic mass is 10.3. The average Bonchev–Trinajstić information content (AvgIpc) is 2.59. The van der Waals surface area contributed by atoms with Crippen LogP contribution in [-0.2, 0) is 11.3 Å². The highest BCUT2D eigenvalue weighted by Crippen LogP contribution is 2.14. The second-order valence-corrected chi connectivity index (χ2v) is 4.28. The fourth-order valence-corrected chi connectivity index (χ4v) is 1.72. The molecule has 1 amide bonds. The molecule has 0 unspecified atom stereocenters. The lowest BCUT2D eigenvalue weighted by Crippen LogP contribution is -2.39. The summed E-state index contributed by atoms with van der Waals surface area (Å²) in [7, 11) is 0. The molecule has 0 fully saturated rings. The van der Waals surface area contributed by atoms with E-state index in [-0.39, 0.29) is 5.91 Å². The molecule has 1 atom stereocenters. The molecule has 0 aromatic carbocycles. The number of aryl methyl sites for hydroxylation is 1. The van der Waals surface area contributed by atoms with Gasteiger partial charge in [-0.3, -0.25) is 9.59 Å². The first-order valence-electron chi connectivity index (χ1n) is 4.85. The summed E-state index contributed by atoms with van der Waals surface area (Å²) < 4.78 is 2.54. The molecule has 0 spiro atoms. The van der Waals surface area contributed by atoms with Gasteiger partial charge in [-0.25, -0.2) is 0 Å². The highest BCUT2D eigenvalue weighted by Gasteiger charge is 2.18. The van der Waals surface area contributed by atoms with E-state index in [2.05, 4.69) is 21.2 Å². The molecule has 5 nitrogen and oxygen atoms in total. The number of halogens is 1. The van der Waals surface area contributed by atoms with Crippen LogP contribution in [0.3, 0.4) is 0 Å². The summed E-state index contributed by atoms with van der Waals surface area (Å²) in [5.41, 5.74) is 0.447. The van der Waals surface area contributed by atoms with E-state index < -0.39 is 12.0 Å². The summed E-state index contributed by atoms with van der Waals surface area (Å²) in [5, 5.41) is 11.1. The van der Waals surface area contributed by atoms with Gasteiger partial charge in [0.15, 0.2) is 0 Å². The number of carboxylic acids is 1. The first-order valence-corrected chi connectivity index (χ1v) is 5.64. The fraction of sp³-hybridized carbons (Fsp3) is 0.400. The summed E-state index contributed by atoms with van der Waals surface area (Å²) in [4.78, 5) is 22.3. The van der Waals surface area contributed by atoms with Crippen molar-refractivity contribution in [1.82, 2.24) is 9.88 Å². The lowest BCUT2D eigenvalue weighted by molar-refractivity contribution is -0.138. The summed E-state index contributed by atoms with van der Waals surface area (Å²) in [5.74, 6) is -1.44. The highest BCUT2D eigenvalue weighted by atomic mass is 79.9. The number of amides is 1. The van der Waals surface area contributed by atoms with Gasteiger partial charge in [0.25, 0.3) is 5.91 Å². The number of aromatic nitrogens is 1. The molecule has 2 N–H and O–H groups in total. The molecule has 0 aliphatic rings. The van der Waals surface area contributed by atoms with Crippen molar-refractivity contribution >= 4 is 27.8 Å². The molecular weight excluding hydrogens is 276 g/mol. The van der Waals surface area contributed by atoms with E-state index in [0.29, 0.717) is 12.2 Å². The maximum Gasteiger partial charge on any atom is 0.325 e.